The van der Waals surface area contributed by atoms with Crippen LogP contribution in [-0.4, -0.2) is 25.0 Å². The number of H-pyrrole nitrogens is 1. The SMILES string of the molecule is N#CC[C@@H](C1CC1)n1cc(-c2cnnc3[nH]ccc23)cn1. The number of nitrogens with zero attached hydrogens (tertiary/aromatic N) is 5. The molecule has 1 atom stereocenters. The van der Waals surface area contributed by atoms with Gasteiger partial charge in [0.15, 0.2) is 5.65 Å². The Kier molecular flexibility index (Phi) is 2.71. The second-order valence-corrected chi connectivity index (χ2v) is 5.47. The number of rotatable bonds is 4. The molecule has 1 N–H and O–H groups in total. The van der Waals surface area contributed by atoms with E-state index in [1.165, 1.54) is 12.8 Å². The Balaban J connectivity index is 1.74. The van der Waals surface area contributed by atoms with Gasteiger partial charge >= 0.3 is 0 Å². The van der Waals surface area contributed by atoms with Gasteiger partial charge in [0.1, 0.15) is 0 Å². The molecule has 0 aliphatic heterocycles. The van der Waals surface area contributed by atoms with Gasteiger partial charge in [-0.1, -0.05) is 0 Å². The summed E-state index contributed by atoms with van der Waals surface area (Å²) >= 11 is 0. The van der Waals surface area contributed by atoms with E-state index in [1.54, 1.807) is 6.20 Å². The molecule has 3 aromatic rings. The van der Waals surface area contributed by atoms with E-state index in [9.17, 15) is 0 Å². The quantitative estimate of drug-likeness (QED) is 0.795. The third-order valence-electron chi connectivity index (χ3n) is 4.08. The van der Waals surface area contributed by atoms with Gasteiger partial charge in [-0.2, -0.15) is 15.5 Å². The molecule has 0 bridgehead atoms. The minimum absolute atomic E-state index is 0.195. The number of aromatic amines is 1. The second-order valence-electron chi connectivity index (χ2n) is 5.47. The second kappa shape index (κ2) is 4.70. The topological polar surface area (TPSA) is 83.2 Å². The highest BCUT2D eigenvalue weighted by molar-refractivity contribution is 5.91. The van der Waals surface area contributed by atoms with Gasteiger partial charge in [-0.05, 0) is 24.8 Å². The molecule has 0 saturated heterocycles. The summed E-state index contributed by atoms with van der Waals surface area (Å²) in [7, 11) is 0. The molecule has 1 aliphatic carbocycles. The van der Waals surface area contributed by atoms with E-state index >= 15 is 0 Å². The predicted octanol–water partition coefficient (Wildman–Crippen LogP) is 2.69. The molecular weight excluding hydrogens is 264 g/mol. The van der Waals surface area contributed by atoms with Crippen molar-refractivity contribution in [2.75, 3.05) is 0 Å². The lowest BCUT2D eigenvalue weighted by Gasteiger charge is -2.12. The third kappa shape index (κ3) is 2.07. The van der Waals surface area contributed by atoms with Gasteiger partial charge in [-0.25, -0.2) is 0 Å². The molecule has 21 heavy (non-hydrogen) atoms. The average molecular weight is 278 g/mol. The molecule has 0 unspecified atom stereocenters. The maximum absolute atomic E-state index is 9.00. The molecular formula is C15H14N6. The van der Waals surface area contributed by atoms with Crippen LogP contribution < -0.4 is 0 Å². The van der Waals surface area contributed by atoms with Crippen molar-refractivity contribution in [1.82, 2.24) is 25.0 Å². The maximum Gasteiger partial charge on any atom is 0.160 e. The summed E-state index contributed by atoms with van der Waals surface area (Å²) in [6.45, 7) is 0. The number of fused-ring (bicyclic) bond motifs is 1. The Bertz CT molecular complexity index is 820. The highest BCUT2D eigenvalue weighted by Gasteiger charge is 2.32. The number of nitrogens with one attached hydrogen (secondary N) is 1. The molecule has 3 heterocycles. The van der Waals surface area contributed by atoms with Crippen LogP contribution in [0.1, 0.15) is 25.3 Å². The zero-order chi connectivity index (χ0) is 14.2. The number of aromatic nitrogens is 5. The Morgan fingerprint density at radius 1 is 1.43 bits per heavy atom. The fraction of sp³-hybridized carbons (Fsp3) is 0.333. The van der Waals surface area contributed by atoms with Crippen LogP contribution in [0.4, 0.5) is 0 Å². The predicted molar refractivity (Wildman–Crippen MR) is 77.1 cm³/mol. The van der Waals surface area contributed by atoms with Crippen LogP contribution in [0.5, 0.6) is 0 Å². The Morgan fingerprint density at radius 3 is 3.14 bits per heavy atom. The average Bonchev–Trinajstić information content (AvgIpc) is 3.02. The number of hydrogen-bond acceptors (Lipinski definition) is 4. The van der Waals surface area contributed by atoms with E-state index in [1.807, 2.05) is 29.3 Å². The molecule has 1 fully saturated rings. The summed E-state index contributed by atoms with van der Waals surface area (Å²) in [5, 5.41) is 22.6. The van der Waals surface area contributed by atoms with Crippen molar-refractivity contribution in [1.29, 1.82) is 5.26 Å². The zero-order valence-electron chi connectivity index (χ0n) is 11.4. The number of nitriles is 1. The van der Waals surface area contributed by atoms with E-state index < -0.39 is 0 Å². The van der Waals surface area contributed by atoms with E-state index in [0.717, 1.165) is 22.2 Å². The molecule has 6 heteroatoms. The first-order valence-corrected chi connectivity index (χ1v) is 7.07. The van der Waals surface area contributed by atoms with Gasteiger partial charge in [0.2, 0.25) is 0 Å². The standard InChI is InChI=1S/C15H14N6/c16-5-3-14(10-1-2-10)21-9-11(7-19-21)13-8-18-20-15-12(13)4-6-17-15/h4,6-10,14H,1-3H2,(H,17,20)/t14-/m0/s1. The summed E-state index contributed by atoms with van der Waals surface area (Å²) in [6.07, 6.45) is 10.4. The van der Waals surface area contributed by atoms with E-state index in [-0.39, 0.29) is 6.04 Å². The van der Waals surface area contributed by atoms with Crippen LogP contribution in [-0.2, 0) is 0 Å². The Labute approximate surface area is 121 Å². The number of hydrogen-bond donors (Lipinski definition) is 1. The van der Waals surface area contributed by atoms with E-state index in [4.69, 9.17) is 5.26 Å². The van der Waals surface area contributed by atoms with Crippen molar-refractivity contribution in [3.63, 3.8) is 0 Å². The fourth-order valence-corrected chi connectivity index (χ4v) is 2.81. The molecule has 0 radical (unpaired) electrons. The Morgan fingerprint density at radius 2 is 2.33 bits per heavy atom. The van der Waals surface area contributed by atoms with Crippen molar-refractivity contribution in [2.45, 2.75) is 25.3 Å². The van der Waals surface area contributed by atoms with Crippen LogP contribution in [0.25, 0.3) is 22.2 Å². The lowest BCUT2D eigenvalue weighted by atomic mass is 10.1. The first-order valence-electron chi connectivity index (χ1n) is 7.07. The summed E-state index contributed by atoms with van der Waals surface area (Å²) < 4.78 is 1.94. The first-order chi connectivity index (χ1) is 10.4. The monoisotopic (exact) mass is 278 g/mol. The van der Waals surface area contributed by atoms with Gasteiger partial charge < -0.3 is 4.98 Å². The molecule has 104 valence electrons. The lowest BCUT2D eigenvalue weighted by Crippen LogP contribution is -2.10. The van der Waals surface area contributed by atoms with Gasteiger partial charge in [-0.3, -0.25) is 4.68 Å². The van der Waals surface area contributed by atoms with Crippen molar-refractivity contribution < 1.29 is 0 Å². The van der Waals surface area contributed by atoms with Crippen LogP contribution in [0.2, 0.25) is 0 Å². The van der Waals surface area contributed by atoms with Crippen LogP contribution >= 0.6 is 0 Å². The van der Waals surface area contributed by atoms with Gasteiger partial charge in [-0.15, -0.1) is 5.10 Å². The molecule has 0 amide bonds. The van der Waals surface area contributed by atoms with Gasteiger partial charge in [0.05, 0.1) is 30.9 Å². The molecule has 6 nitrogen and oxygen atoms in total. The van der Waals surface area contributed by atoms with Crippen LogP contribution in [0.3, 0.4) is 0 Å². The van der Waals surface area contributed by atoms with Crippen LogP contribution in [0, 0.1) is 17.2 Å². The minimum atomic E-state index is 0.195. The zero-order valence-corrected chi connectivity index (χ0v) is 11.4. The molecule has 4 rings (SSSR count). The normalized spacial score (nSPS) is 16.0. The largest absolute Gasteiger partial charge is 0.345 e. The summed E-state index contributed by atoms with van der Waals surface area (Å²) in [5.74, 6) is 0.597. The molecule has 0 aromatic carbocycles. The highest BCUT2D eigenvalue weighted by Crippen LogP contribution is 2.41. The summed E-state index contributed by atoms with van der Waals surface area (Å²) in [6, 6.07) is 4.46. The maximum atomic E-state index is 9.00. The fourth-order valence-electron chi connectivity index (χ4n) is 2.81. The lowest BCUT2D eigenvalue weighted by molar-refractivity contribution is 0.412. The van der Waals surface area contributed by atoms with Gasteiger partial charge in [0.25, 0.3) is 0 Å². The minimum Gasteiger partial charge on any atom is -0.345 e. The van der Waals surface area contributed by atoms with E-state index in [2.05, 4.69) is 26.3 Å². The first kappa shape index (κ1) is 12.1. The van der Waals surface area contributed by atoms with Gasteiger partial charge in [0, 0.05) is 28.9 Å². The molecule has 1 saturated carbocycles. The van der Waals surface area contributed by atoms with Crippen molar-refractivity contribution in [3.8, 4) is 17.2 Å². The summed E-state index contributed by atoms with van der Waals surface area (Å²) in [4.78, 5) is 3.06. The van der Waals surface area contributed by atoms with E-state index in [0.29, 0.717) is 12.3 Å². The smallest absolute Gasteiger partial charge is 0.160 e. The molecule has 0 spiro atoms. The molecule has 3 aromatic heterocycles. The van der Waals surface area contributed by atoms with Crippen molar-refractivity contribution >= 4 is 11.0 Å². The highest BCUT2D eigenvalue weighted by atomic mass is 15.3. The van der Waals surface area contributed by atoms with Crippen molar-refractivity contribution in [2.24, 2.45) is 5.92 Å². The van der Waals surface area contributed by atoms with Crippen LogP contribution in [0.15, 0.2) is 30.9 Å². The van der Waals surface area contributed by atoms with Crippen molar-refractivity contribution in [3.05, 3.63) is 30.9 Å². The Hall–Kier alpha value is -2.68. The summed E-state index contributed by atoms with van der Waals surface area (Å²) in [5.41, 5.74) is 2.80. The molecule has 1 aliphatic rings. The third-order valence-corrected chi connectivity index (χ3v) is 4.08.